The van der Waals surface area contributed by atoms with Crippen LogP contribution in [0.25, 0.3) is 0 Å². The van der Waals surface area contributed by atoms with Crippen LogP contribution in [0.15, 0.2) is 23.8 Å². The summed E-state index contributed by atoms with van der Waals surface area (Å²) in [5.41, 5.74) is 1.96. The molecule has 1 aromatic carbocycles. The largest absolute Gasteiger partial charge is 0.493 e. The van der Waals surface area contributed by atoms with Gasteiger partial charge >= 0.3 is 0 Å². The molecule has 5 rings (SSSR count). The fraction of sp³-hybridized carbons (Fsp3) is 0.640. The summed E-state index contributed by atoms with van der Waals surface area (Å²) in [5.74, 6) is 1.87. The Labute approximate surface area is 192 Å². The molecular formula is C25H33NO5S. The van der Waals surface area contributed by atoms with Crippen LogP contribution in [0.5, 0.6) is 11.5 Å². The summed E-state index contributed by atoms with van der Waals surface area (Å²) in [5, 5.41) is 10.9. The second-order valence-electron chi connectivity index (χ2n) is 10.5. The molecule has 0 saturated heterocycles. The Balaban J connectivity index is 1.51. The van der Waals surface area contributed by atoms with Gasteiger partial charge in [-0.15, -0.1) is 0 Å². The Hall–Kier alpha value is -1.86. The molecule has 0 spiro atoms. The molecule has 0 radical (unpaired) electrons. The van der Waals surface area contributed by atoms with Crippen molar-refractivity contribution in [1.82, 2.24) is 4.90 Å². The molecular weight excluding hydrogens is 426 g/mol. The van der Waals surface area contributed by atoms with Crippen LogP contribution in [0, 0.1) is 11.3 Å². The normalized spacial score (nSPS) is 35.4. The first-order chi connectivity index (χ1) is 15.1. The lowest BCUT2D eigenvalue weighted by molar-refractivity contribution is -0.129. The van der Waals surface area contributed by atoms with E-state index in [-0.39, 0.29) is 17.1 Å². The average molecular weight is 460 g/mol. The molecule has 32 heavy (non-hydrogen) atoms. The molecule has 1 aromatic rings. The number of hydrogen-bond donors (Lipinski definition) is 1. The van der Waals surface area contributed by atoms with E-state index in [1.807, 2.05) is 30.0 Å². The third-order valence-corrected chi connectivity index (χ3v) is 11.4. The fourth-order valence-electron chi connectivity index (χ4n) is 7.07. The van der Waals surface area contributed by atoms with Crippen molar-refractivity contribution >= 4 is 16.7 Å². The number of nitrogens with zero attached hydrogens (tertiary/aromatic N) is 1. The first-order valence-electron chi connectivity index (χ1n) is 11.5. The first kappa shape index (κ1) is 22.0. The van der Waals surface area contributed by atoms with E-state index in [1.165, 1.54) is 0 Å². The summed E-state index contributed by atoms with van der Waals surface area (Å²) in [4.78, 5) is 15.3. The van der Waals surface area contributed by atoms with E-state index < -0.39 is 27.2 Å². The van der Waals surface area contributed by atoms with Gasteiger partial charge in [0.15, 0.2) is 11.5 Å². The quantitative estimate of drug-likeness (QED) is 0.733. The number of benzene rings is 1. The molecule has 174 valence electrons. The lowest BCUT2D eigenvalue weighted by Gasteiger charge is -2.41. The molecule has 4 aliphatic rings. The van der Waals surface area contributed by atoms with Crippen LogP contribution in [-0.4, -0.2) is 57.5 Å². The predicted molar refractivity (Wildman–Crippen MR) is 123 cm³/mol. The summed E-state index contributed by atoms with van der Waals surface area (Å²) < 4.78 is 24.2. The van der Waals surface area contributed by atoms with Crippen molar-refractivity contribution < 1.29 is 23.6 Å². The smallest absolute Gasteiger partial charge is 0.251 e. The van der Waals surface area contributed by atoms with Gasteiger partial charge in [-0.05, 0) is 73.3 Å². The maximum atomic E-state index is 13.8. The molecule has 7 heteroatoms. The second-order valence-corrected chi connectivity index (χ2v) is 12.2. The van der Waals surface area contributed by atoms with Gasteiger partial charge in [0.2, 0.25) is 0 Å². The molecule has 1 N–H and O–H groups in total. The fourth-order valence-corrected chi connectivity index (χ4v) is 9.31. The molecule has 0 aromatic heterocycles. The van der Waals surface area contributed by atoms with E-state index in [0.717, 1.165) is 30.4 Å². The van der Waals surface area contributed by atoms with E-state index in [1.54, 1.807) is 14.2 Å². The highest BCUT2D eigenvalue weighted by molar-refractivity contribution is 7.86. The van der Waals surface area contributed by atoms with Crippen molar-refractivity contribution in [2.24, 2.45) is 11.3 Å². The third-order valence-electron chi connectivity index (χ3n) is 9.01. The number of amides is 1. The number of fused-ring (bicyclic) bond motifs is 5. The van der Waals surface area contributed by atoms with Gasteiger partial charge in [0.25, 0.3) is 5.91 Å². The molecule has 2 bridgehead atoms. The van der Waals surface area contributed by atoms with Crippen molar-refractivity contribution in [2.75, 3.05) is 26.5 Å². The maximum absolute atomic E-state index is 13.8. The number of methoxy groups -OCH3 is 2. The highest BCUT2D eigenvalue weighted by Gasteiger charge is 2.67. The standard InChI is InChI=1S/C25H33NO5S/c1-23(2)17-6-8-25(23,21(27)11-17)32(29)14-16-13-24(3)18-12-20(31-5)19(30-4)10-15(18)7-9-26(24)22(16)28/h10,12-13,17,21,27H,6-9,11,14H2,1-5H3/t17-,21-,24-,25-,32?/m1/s1. The SMILES string of the molecule is COc1cc2c(cc1OC)[C@@]1(C)C=C(CS(=O)[C@]34CC[C@H](C[C@H]3O)C4(C)C)C(=O)N1CC2. The zero-order valence-corrected chi connectivity index (χ0v) is 20.4. The molecule has 2 aliphatic heterocycles. The Bertz CT molecular complexity index is 1050. The molecule has 2 heterocycles. The van der Waals surface area contributed by atoms with Crippen LogP contribution >= 0.6 is 0 Å². The zero-order valence-electron chi connectivity index (χ0n) is 19.6. The highest BCUT2D eigenvalue weighted by atomic mass is 32.2. The Morgan fingerprint density at radius 3 is 2.47 bits per heavy atom. The Morgan fingerprint density at radius 1 is 1.19 bits per heavy atom. The van der Waals surface area contributed by atoms with Crippen LogP contribution in [0.2, 0.25) is 0 Å². The minimum atomic E-state index is -1.33. The van der Waals surface area contributed by atoms with Crippen LogP contribution in [0.3, 0.4) is 0 Å². The molecule has 2 fully saturated rings. The molecule has 1 unspecified atom stereocenters. The summed E-state index contributed by atoms with van der Waals surface area (Å²) in [6.07, 6.45) is 4.64. The van der Waals surface area contributed by atoms with Gasteiger partial charge in [0.05, 0.1) is 36.4 Å². The summed E-state index contributed by atoms with van der Waals surface area (Å²) in [6, 6.07) is 3.97. The lowest BCUT2D eigenvalue weighted by Crippen LogP contribution is -2.51. The van der Waals surface area contributed by atoms with Crippen molar-refractivity contribution in [1.29, 1.82) is 0 Å². The Morgan fingerprint density at radius 2 is 1.88 bits per heavy atom. The highest BCUT2D eigenvalue weighted by Crippen LogP contribution is 2.63. The summed E-state index contributed by atoms with van der Waals surface area (Å²) in [7, 11) is 1.90. The molecule has 5 atom stereocenters. The zero-order chi connectivity index (χ0) is 23.1. The van der Waals surface area contributed by atoms with Gasteiger partial charge < -0.3 is 19.5 Å². The summed E-state index contributed by atoms with van der Waals surface area (Å²) >= 11 is 0. The second kappa shape index (κ2) is 7.07. The minimum absolute atomic E-state index is 0.0440. The van der Waals surface area contributed by atoms with Crippen LogP contribution in [0.4, 0.5) is 0 Å². The van der Waals surface area contributed by atoms with Gasteiger partial charge in [-0.25, -0.2) is 0 Å². The van der Waals surface area contributed by atoms with Gasteiger partial charge in [0, 0.05) is 22.9 Å². The average Bonchev–Trinajstić information content (AvgIpc) is 3.25. The topological polar surface area (TPSA) is 76.1 Å². The number of rotatable bonds is 5. The maximum Gasteiger partial charge on any atom is 0.251 e. The van der Waals surface area contributed by atoms with Gasteiger partial charge in [-0.1, -0.05) is 13.8 Å². The minimum Gasteiger partial charge on any atom is -0.493 e. The van der Waals surface area contributed by atoms with Crippen LogP contribution in [-0.2, 0) is 27.6 Å². The van der Waals surface area contributed by atoms with E-state index >= 15 is 0 Å². The number of aliphatic hydroxyl groups excluding tert-OH is 1. The summed E-state index contributed by atoms with van der Waals surface area (Å²) in [6.45, 7) is 6.93. The number of aliphatic hydroxyl groups is 1. The van der Waals surface area contributed by atoms with Crippen molar-refractivity contribution in [3.63, 3.8) is 0 Å². The molecule has 2 aliphatic carbocycles. The van der Waals surface area contributed by atoms with E-state index in [4.69, 9.17) is 9.47 Å². The van der Waals surface area contributed by atoms with E-state index in [9.17, 15) is 14.1 Å². The van der Waals surface area contributed by atoms with Crippen LogP contribution in [0.1, 0.15) is 51.2 Å². The predicted octanol–water partition coefficient (Wildman–Crippen LogP) is 2.93. The molecule has 1 amide bonds. The third kappa shape index (κ3) is 2.61. The van der Waals surface area contributed by atoms with Crippen molar-refractivity contribution in [3.8, 4) is 11.5 Å². The Kier molecular flexibility index (Phi) is 4.85. The monoisotopic (exact) mass is 459 g/mol. The first-order valence-corrected chi connectivity index (χ1v) is 12.8. The number of carbonyl (C=O) groups excluding carboxylic acids is 1. The van der Waals surface area contributed by atoms with Gasteiger partial charge in [-0.2, -0.15) is 0 Å². The number of carbonyl (C=O) groups is 1. The van der Waals surface area contributed by atoms with Gasteiger partial charge in [-0.3, -0.25) is 9.00 Å². The molecule has 2 saturated carbocycles. The number of hydrogen-bond acceptors (Lipinski definition) is 5. The molecule has 6 nitrogen and oxygen atoms in total. The van der Waals surface area contributed by atoms with Crippen LogP contribution < -0.4 is 9.47 Å². The lowest BCUT2D eigenvalue weighted by atomic mass is 9.81. The van der Waals surface area contributed by atoms with Crippen molar-refractivity contribution in [2.45, 2.75) is 62.8 Å². The number of ether oxygens (including phenoxy) is 2. The van der Waals surface area contributed by atoms with E-state index in [2.05, 4.69) is 13.8 Å². The van der Waals surface area contributed by atoms with E-state index in [0.29, 0.717) is 36.0 Å². The van der Waals surface area contributed by atoms with Crippen molar-refractivity contribution in [3.05, 3.63) is 34.9 Å². The van der Waals surface area contributed by atoms with Gasteiger partial charge in [0.1, 0.15) is 0 Å².